The molecule has 0 radical (unpaired) electrons. The first-order valence-electron chi connectivity index (χ1n) is 4.12. The molecule has 0 atom stereocenters. The highest BCUT2D eigenvalue weighted by Gasteiger charge is 2.07. The first-order valence-corrected chi connectivity index (χ1v) is 5.73. The van der Waals surface area contributed by atoms with Gasteiger partial charge in [0.1, 0.15) is 5.75 Å². The predicted octanol–water partition coefficient (Wildman–Crippen LogP) is 3.93. The van der Waals surface area contributed by atoms with Crippen LogP contribution < -0.4 is 0 Å². The topological polar surface area (TPSA) is 20.2 Å². The summed E-state index contributed by atoms with van der Waals surface area (Å²) in [5.74, 6) is 0.440. The van der Waals surface area contributed by atoms with Crippen molar-refractivity contribution < 1.29 is 5.11 Å². The summed E-state index contributed by atoms with van der Waals surface area (Å²) in [6, 6.07) is 6.06. The van der Waals surface area contributed by atoms with Crippen molar-refractivity contribution >= 4 is 37.4 Å². The van der Waals surface area contributed by atoms with E-state index in [1.165, 1.54) is 0 Å². The van der Waals surface area contributed by atoms with Crippen LogP contribution in [-0.2, 0) is 6.42 Å². The third-order valence-corrected chi connectivity index (χ3v) is 3.76. The molecule has 1 N–H and O–H groups in total. The molecule has 1 heterocycles. The molecule has 0 fully saturated rings. The number of hydrogen-bond acceptors (Lipinski definition) is 2. The van der Waals surface area contributed by atoms with Gasteiger partial charge < -0.3 is 5.11 Å². The van der Waals surface area contributed by atoms with Gasteiger partial charge in [0.25, 0.3) is 0 Å². The molecule has 0 bridgehead atoms. The Bertz CT molecular complexity index is 447. The van der Waals surface area contributed by atoms with E-state index in [2.05, 4.69) is 22.0 Å². The quantitative estimate of drug-likeness (QED) is 0.820. The SMILES string of the molecule is CCc1ccc2cc(Br)sc2c1O. The molecular weight excluding hydrogens is 248 g/mol. The van der Waals surface area contributed by atoms with Gasteiger partial charge in [-0.1, -0.05) is 19.1 Å². The largest absolute Gasteiger partial charge is 0.506 e. The van der Waals surface area contributed by atoms with Gasteiger partial charge >= 0.3 is 0 Å². The molecule has 0 spiro atoms. The van der Waals surface area contributed by atoms with Gasteiger partial charge in [-0.05, 0) is 39.4 Å². The number of halogens is 1. The number of thiophene rings is 1. The highest BCUT2D eigenvalue weighted by molar-refractivity contribution is 9.11. The van der Waals surface area contributed by atoms with E-state index in [0.717, 1.165) is 25.9 Å². The first kappa shape index (κ1) is 9.03. The lowest BCUT2D eigenvalue weighted by molar-refractivity contribution is 0.476. The van der Waals surface area contributed by atoms with Crippen molar-refractivity contribution in [3.8, 4) is 5.75 Å². The number of benzene rings is 1. The molecule has 2 aromatic rings. The summed E-state index contributed by atoms with van der Waals surface area (Å²) < 4.78 is 2.04. The average Bonchev–Trinajstić information content (AvgIpc) is 2.47. The molecule has 2 rings (SSSR count). The molecule has 0 saturated carbocycles. The van der Waals surface area contributed by atoms with Gasteiger partial charge in [-0.2, -0.15) is 0 Å². The van der Waals surface area contributed by atoms with Crippen molar-refractivity contribution in [1.82, 2.24) is 0 Å². The number of aryl methyl sites for hydroxylation is 1. The number of hydrogen-bond donors (Lipinski definition) is 1. The van der Waals surface area contributed by atoms with E-state index in [1.54, 1.807) is 11.3 Å². The number of phenols is 1. The number of fused-ring (bicyclic) bond motifs is 1. The van der Waals surface area contributed by atoms with Crippen molar-refractivity contribution in [2.45, 2.75) is 13.3 Å². The third-order valence-electron chi connectivity index (χ3n) is 2.09. The van der Waals surface area contributed by atoms with Crippen LogP contribution in [0.15, 0.2) is 22.0 Å². The molecular formula is C10H9BrOS. The second-order valence-corrected chi connectivity index (χ2v) is 5.33. The molecule has 0 amide bonds. The van der Waals surface area contributed by atoms with E-state index in [-0.39, 0.29) is 0 Å². The van der Waals surface area contributed by atoms with Crippen molar-refractivity contribution in [3.63, 3.8) is 0 Å². The van der Waals surface area contributed by atoms with Crippen LogP contribution in [0.2, 0.25) is 0 Å². The van der Waals surface area contributed by atoms with E-state index in [0.29, 0.717) is 5.75 Å². The first-order chi connectivity index (χ1) is 6.22. The predicted molar refractivity (Wildman–Crippen MR) is 60.6 cm³/mol. The van der Waals surface area contributed by atoms with Crippen molar-refractivity contribution in [3.05, 3.63) is 27.5 Å². The van der Waals surface area contributed by atoms with Gasteiger partial charge in [0.15, 0.2) is 0 Å². The highest BCUT2D eigenvalue weighted by atomic mass is 79.9. The van der Waals surface area contributed by atoms with Crippen LogP contribution >= 0.6 is 27.3 Å². The standard InChI is InChI=1S/C10H9BrOS/c1-2-6-3-4-7-5-8(11)13-10(7)9(6)12/h3-5,12H,2H2,1H3. The monoisotopic (exact) mass is 256 g/mol. The number of phenolic OH excluding ortho intramolecular Hbond substituents is 1. The Morgan fingerprint density at radius 3 is 2.92 bits per heavy atom. The van der Waals surface area contributed by atoms with Crippen molar-refractivity contribution in [2.24, 2.45) is 0 Å². The van der Waals surface area contributed by atoms with Crippen LogP contribution in [0.1, 0.15) is 12.5 Å². The zero-order valence-corrected chi connectivity index (χ0v) is 9.58. The van der Waals surface area contributed by atoms with Crippen molar-refractivity contribution in [1.29, 1.82) is 0 Å². The number of aromatic hydroxyl groups is 1. The van der Waals surface area contributed by atoms with Gasteiger partial charge in [0.05, 0.1) is 8.49 Å². The Morgan fingerprint density at radius 1 is 1.46 bits per heavy atom. The van der Waals surface area contributed by atoms with Gasteiger partial charge in [0, 0.05) is 0 Å². The summed E-state index contributed by atoms with van der Waals surface area (Å²) in [5, 5.41) is 11.0. The molecule has 0 saturated heterocycles. The molecule has 0 aliphatic carbocycles. The minimum absolute atomic E-state index is 0.440. The maximum Gasteiger partial charge on any atom is 0.136 e. The lowest BCUT2D eigenvalue weighted by Gasteiger charge is -2.01. The summed E-state index contributed by atoms with van der Waals surface area (Å²) in [5.41, 5.74) is 1.02. The van der Waals surface area contributed by atoms with Gasteiger partial charge in [0.2, 0.25) is 0 Å². The summed E-state index contributed by atoms with van der Waals surface area (Å²) in [7, 11) is 0. The van der Waals surface area contributed by atoms with Gasteiger partial charge in [-0.3, -0.25) is 0 Å². The molecule has 3 heteroatoms. The Kier molecular flexibility index (Phi) is 2.30. The summed E-state index contributed by atoms with van der Waals surface area (Å²) >= 11 is 4.99. The fourth-order valence-electron chi connectivity index (χ4n) is 1.38. The molecule has 13 heavy (non-hydrogen) atoms. The molecule has 1 nitrogen and oxygen atoms in total. The normalized spacial score (nSPS) is 10.9. The Hall–Kier alpha value is -0.540. The Morgan fingerprint density at radius 2 is 2.23 bits per heavy atom. The molecule has 0 aliphatic rings. The van der Waals surface area contributed by atoms with E-state index in [4.69, 9.17) is 0 Å². The van der Waals surface area contributed by atoms with Gasteiger partial charge in [-0.25, -0.2) is 0 Å². The lowest BCUT2D eigenvalue weighted by Crippen LogP contribution is -1.79. The zero-order valence-electron chi connectivity index (χ0n) is 7.17. The smallest absolute Gasteiger partial charge is 0.136 e. The molecule has 1 aromatic carbocycles. The highest BCUT2D eigenvalue weighted by Crippen LogP contribution is 2.37. The van der Waals surface area contributed by atoms with E-state index in [9.17, 15) is 5.11 Å². The number of rotatable bonds is 1. The van der Waals surface area contributed by atoms with Crippen LogP contribution in [-0.4, -0.2) is 5.11 Å². The second-order valence-electron chi connectivity index (χ2n) is 2.90. The lowest BCUT2D eigenvalue weighted by atomic mass is 10.1. The van der Waals surface area contributed by atoms with Crippen LogP contribution in [0, 0.1) is 0 Å². The van der Waals surface area contributed by atoms with E-state index < -0.39 is 0 Å². The Balaban J connectivity index is 2.78. The fourth-order valence-corrected chi connectivity index (χ4v) is 2.97. The Labute approximate surface area is 89.1 Å². The summed E-state index contributed by atoms with van der Waals surface area (Å²) in [6.45, 7) is 2.05. The van der Waals surface area contributed by atoms with Crippen LogP contribution in [0.3, 0.4) is 0 Å². The molecule has 68 valence electrons. The zero-order chi connectivity index (χ0) is 9.42. The van der Waals surface area contributed by atoms with Crippen LogP contribution in [0.5, 0.6) is 5.75 Å². The molecule has 0 unspecified atom stereocenters. The van der Waals surface area contributed by atoms with Gasteiger partial charge in [-0.15, -0.1) is 11.3 Å². The van der Waals surface area contributed by atoms with E-state index >= 15 is 0 Å². The third kappa shape index (κ3) is 1.46. The van der Waals surface area contributed by atoms with Crippen LogP contribution in [0.25, 0.3) is 10.1 Å². The summed E-state index contributed by atoms with van der Waals surface area (Å²) in [4.78, 5) is 0. The fraction of sp³-hybridized carbons (Fsp3) is 0.200. The minimum atomic E-state index is 0.440. The second kappa shape index (κ2) is 3.31. The minimum Gasteiger partial charge on any atom is -0.506 e. The molecule has 0 aliphatic heterocycles. The van der Waals surface area contributed by atoms with Crippen LogP contribution in [0.4, 0.5) is 0 Å². The maximum atomic E-state index is 9.85. The average molecular weight is 257 g/mol. The van der Waals surface area contributed by atoms with E-state index in [1.807, 2.05) is 19.1 Å². The summed E-state index contributed by atoms with van der Waals surface area (Å²) in [6.07, 6.45) is 0.872. The maximum absolute atomic E-state index is 9.85. The molecule has 1 aromatic heterocycles. The van der Waals surface area contributed by atoms with Crippen molar-refractivity contribution in [2.75, 3.05) is 0 Å².